The van der Waals surface area contributed by atoms with Crippen molar-refractivity contribution in [2.24, 2.45) is 5.92 Å². The minimum atomic E-state index is -2.98. The molecule has 0 aliphatic carbocycles. The zero-order valence-electron chi connectivity index (χ0n) is 9.63. The lowest BCUT2D eigenvalue weighted by molar-refractivity contribution is 0.338. The van der Waals surface area contributed by atoms with Gasteiger partial charge in [0.2, 0.25) is 0 Å². The van der Waals surface area contributed by atoms with E-state index in [1.54, 1.807) is 0 Å². The number of hydrogen-bond acceptors (Lipinski definition) is 4. The Morgan fingerprint density at radius 2 is 1.94 bits per heavy atom. The van der Waals surface area contributed by atoms with Crippen LogP contribution in [0.4, 0.5) is 0 Å². The van der Waals surface area contributed by atoms with E-state index in [0.717, 1.165) is 13.1 Å². The van der Waals surface area contributed by atoms with E-state index >= 15 is 0 Å². The highest BCUT2D eigenvalue weighted by atomic mass is 32.2. The molecule has 1 heterocycles. The molecule has 0 saturated carbocycles. The fraction of sp³-hybridized carbons (Fsp3) is 0.500. The Morgan fingerprint density at radius 3 is 2.53 bits per heavy atom. The normalized spacial score (nSPS) is 16.5. The minimum absolute atomic E-state index is 0.0956. The van der Waals surface area contributed by atoms with Gasteiger partial charge in [0.15, 0.2) is 9.84 Å². The van der Waals surface area contributed by atoms with Gasteiger partial charge < -0.3 is 10.1 Å². The topological polar surface area (TPSA) is 55.4 Å². The predicted molar refractivity (Wildman–Crippen MR) is 67.0 cm³/mol. The summed E-state index contributed by atoms with van der Waals surface area (Å²) in [5.41, 5.74) is 0. The molecule has 1 aromatic carbocycles. The van der Waals surface area contributed by atoms with Gasteiger partial charge in [0.1, 0.15) is 12.4 Å². The molecule has 94 valence electrons. The van der Waals surface area contributed by atoms with Crippen LogP contribution in [0.15, 0.2) is 30.3 Å². The Kier molecular flexibility index (Phi) is 4.02. The first kappa shape index (κ1) is 12.4. The van der Waals surface area contributed by atoms with E-state index in [1.807, 2.05) is 30.3 Å². The molecule has 0 aromatic heterocycles. The second-order valence-electron chi connectivity index (χ2n) is 4.30. The fourth-order valence-corrected chi connectivity index (χ4v) is 3.17. The first-order valence-corrected chi connectivity index (χ1v) is 7.57. The SMILES string of the molecule is O=S(=O)(CCOc1ccccc1)CC1CNC1. The Bertz CT molecular complexity index is 440. The third-order valence-corrected chi connectivity index (χ3v) is 4.53. The van der Waals surface area contributed by atoms with Crippen molar-refractivity contribution in [2.45, 2.75) is 0 Å². The Labute approximate surface area is 102 Å². The summed E-state index contributed by atoms with van der Waals surface area (Å²) >= 11 is 0. The van der Waals surface area contributed by atoms with Crippen LogP contribution >= 0.6 is 0 Å². The van der Waals surface area contributed by atoms with Gasteiger partial charge in [0, 0.05) is 13.1 Å². The fourth-order valence-electron chi connectivity index (χ4n) is 1.71. The summed E-state index contributed by atoms with van der Waals surface area (Å²) in [6.07, 6.45) is 0. The van der Waals surface area contributed by atoms with Crippen molar-refractivity contribution in [2.75, 3.05) is 31.2 Å². The number of para-hydroxylation sites is 1. The van der Waals surface area contributed by atoms with Gasteiger partial charge >= 0.3 is 0 Å². The van der Waals surface area contributed by atoms with E-state index in [4.69, 9.17) is 4.74 Å². The van der Waals surface area contributed by atoms with Gasteiger partial charge in [-0.05, 0) is 18.1 Å². The van der Waals surface area contributed by atoms with E-state index in [1.165, 1.54) is 0 Å². The van der Waals surface area contributed by atoms with Crippen molar-refractivity contribution in [3.05, 3.63) is 30.3 Å². The summed E-state index contributed by atoms with van der Waals surface area (Å²) in [5, 5.41) is 3.07. The Hall–Kier alpha value is -1.07. The molecule has 0 radical (unpaired) electrons. The average Bonchev–Trinajstić information content (AvgIpc) is 2.25. The second kappa shape index (κ2) is 5.51. The molecule has 1 saturated heterocycles. The summed E-state index contributed by atoms with van der Waals surface area (Å²) in [5.74, 6) is 1.38. The van der Waals surface area contributed by atoms with E-state index in [-0.39, 0.29) is 24.0 Å². The summed E-state index contributed by atoms with van der Waals surface area (Å²) in [6, 6.07) is 9.27. The van der Waals surface area contributed by atoms with Crippen LogP contribution in [0.3, 0.4) is 0 Å². The van der Waals surface area contributed by atoms with Crippen LogP contribution in [0.25, 0.3) is 0 Å². The molecular formula is C12H17NO3S. The molecule has 0 unspecified atom stereocenters. The van der Waals surface area contributed by atoms with Crippen molar-refractivity contribution < 1.29 is 13.2 Å². The maximum Gasteiger partial charge on any atom is 0.154 e. The molecule has 0 atom stereocenters. The Morgan fingerprint density at radius 1 is 1.24 bits per heavy atom. The Balaban J connectivity index is 1.73. The molecule has 0 amide bonds. The van der Waals surface area contributed by atoms with Crippen LogP contribution in [0, 0.1) is 5.92 Å². The van der Waals surface area contributed by atoms with Crippen LogP contribution in [0.2, 0.25) is 0 Å². The quantitative estimate of drug-likeness (QED) is 0.813. The maximum atomic E-state index is 11.7. The maximum absolute atomic E-state index is 11.7. The van der Waals surface area contributed by atoms with Crippen LogP contribution in [0.1, 0.15) is 0 Å². The van der Waals surface area contributed by atoms with E-state index in [9.17, 15) is 8.42 Å². The third-order valence-electron chi connectivity index (χ3n) is 2.76. The lowest BCUT2D eigenvalue weighted by Crippen LogP contribution is -2.46. The van der Waals surface area contributed by atoms with Gasteiger partial charge in [0.05, 0.1) is 11.5 Å². The number of rotatable bonds is 6. The number of nitrogens with one attached hydrogen (secondary N) is 1. The molecule has 1 fully saturated rings. The smallest absolute Gasteiger partial charge is 0.154 e. The monoisotopic (exact) mass is 255 g/mol. The molecule has 17 heavy (non-hydrogen) atoms. The summed E-state index contributed by atoms with van der Waals surface area (Å²) in [4.78, 5) is 0. The van der Waals surface area contributed by atoms with Gasteiger partial charge in [-0.1, -0.05) is 18.2 Å². The van der Waals surface area contributed by atoms with Crippen molar-refractivity contribution in [3.8, 4) is 5.75 Å². The van der Waals surface area contributed by atoms with Crippen molar-refractivity contribution in [3.63, 3.8) is 0 Å². The van der Waals surface area contributed by atoms with Crippen molar-refractivity contribution in [1.29, 1.82) is 0 Å². The second-order valence-corrected chi connectivity index (χ2v) is 6.53. The van der Waals surface area contributed by atoms with Crippen molar-refractivity contribution in [1.82, 2.24) is 5.32 Å². The van der Waals surface area contributed by atoms with Gasteiger partial charge in [-0.25, -0.2) is 8.42 Å². The molecule has 1 aliphatic rings. The molecule has 0 bridgehead atoms. The number of ether oxygens (including phenoxy) is 1. The van der Waals surface area contributed by atoms with E-state index < -0.39 is 9.84 Å². The highest BCUT2D eigenvalue weighted by Gasteiger charge is 2.23. The van der Waals surface area contributed by atoms with Crippen LogP contribution in [0.5, 0.6) is 5.75 Å². The lowest BCUT2D eigenvalue weighted by Gasteiger charge is -2.26. The highest BCUT2D eigenvalue weighted by Crippen LogP contribution is 2.10. The molecule has 1 aliphatic heterocycles. The summed E-state index contributed by atoms with van der Waals surface area (Å²) in [6.45, 7) is 1.87. The summed E-state index contributed by atoms with van der Waals surface area (Å²) < 4.78 is 28.8. The minimum Gasteiger partial charge on any atom is -0.493 e. The highest BCUT2D eigenvalue weighted by molar-refractivity contribution is 7.91. The van der Waals surface area contributed by atoms with Gasteiger partial charge in [-0.2, -0.15) is 0 Å². The first-order chi connectivity index (χ1) is 8.16. The predicted octanol–water partition coefficient (Wildman–Crippen LogP) is 0.700. The van der Waals surface area contributed by atoms with Crippen LogP contribution in [-0.2, 0) is 9.84 Å². The van der Waals surface area contributed by atoms with Crippen molar-refractivity contribution >= 4 is 9.84 Å². The number of sulfone groups is 1. The lowest BCUT2D eigenvalue weighted by atomic mass is 10.1. The van der Waals surface area contributed by atoms with E-state index in [0.29, 0.717) is 5.75 Å². The zero-order valence-corrected chi connectivity index (χ0v) is 10.4. The standard InChI is InChI=1S/C12H17NO3S/c14-17(15,10-11-8-13-9-11)7-6-16-12-4-2-1-3-5-12/h1-5,11,13H,6-10H2. The molecule has 4 nitrogen and oxygen atoms in total. The van der Waals surface area contributed by atoms with Crippen LogP contribution in [-0.4, -0.2) is 39.6 Å². The largest absolute Gasteiger partial charge is 0.493 e. The molecule has 1 N–H and O–H groups in total. The summed E-state index contributed by atoms with van der Waals surface area (Å²) in [7, 11) is -2.98. The third kappa shape index (κ3) is 4.02. The number of benzene rings is 1. The van der Waals surface area contributed by atoms with Gasteiger partial charge in [-0.3, -0.25) is 0 Å². The molecular weight excluding hydrogens is 238 g/mol. The molecule has 5 heteroatoms. The molecule has 1 aromatic rings. The number of hydrogen-bond donors (Lipinski definition) is 1. The van der Waals surface area contributed by atoms with Gasteiger partial charge in [0.25, 0.3) is 0 Å². The van der Waals surface area contributed by atoms with Gasteiger partial charge in [-0.15, -0.1) is 0 Å². The molecule has 0 spiro atoms. The van der Waals surface area contributed by atoms with Crippen LogP contribution < -0.4 is 10.1 Å². The average molecular weight is 255 g/mol. The first-order valence-electron chi connectivity index (χ1n) is 5.75. The van der Waals surface area contributed by atoms with E-state index in [2.05, 4.69) is 5.32 Å². The zero-order chi connectivity index (χ0) is 12.1. The molecule has 2 rings (SSSR count).